The van der Waals surface area contributed by atoms with E-state index in [9.17, 15) is 26.3 Å². The third-order valence-electron chi connectivity index (χ3n) is 8.43. The molecule has 0 bridgehead atoms. The lowest BCUT2D eigenvalue weighted by Crippen LogP contribution is -2.63. The van der Waals surface area contributed by atoms with Crippen molar-refractivity contribution < 1.29 is 50.6 Å². The van der Waals surface area contributed by atoms with Crippen LogP contribution in [-0.2, 0) is 9.59 Å². The second-order valence-electron chi connectivity index (χ2n) is 11.7. The molecule has 270 valence electrons. The first kappa shape index (κ1) is 37.7. The van der Waals surface area contributed by atoms with E-state index in [2.05, 4.69) is 49.5 Å². The third kappa shape index (κ3) is 9.96. The number of aromatic nitrogens is 4. The lowest BCUT2D eigenvalue weighted by atomic mass is 9.67. The predicted molar refractivity (Wildman–Crippen MR) is 168 cm³/mol. The van der Waals surface area contributed by atoms with E-state index in [1.807, 2.05) is 30.3 Å². The van der Waals surface area contributed by atoms with Crippen molar-refractivity contribution >= 4 is 23.6 Å². The SMILES string of the molecule is NC1([C@H]2CCCN(c3ccc(-n4cncn4)cc3)C2)CCCCC1Nc1ncc(-c2ccccc2)o1.O=C(O)C(F)(F)F.O=C(O)C(F)(F)F. The molecule has 0 spiro atoms. The summed E-state index contributed by atoms with van der Waals surface area (Å²) >= 11 is 0. The van der Waals surface area contributed by atoms with Gasteiger partial charge in [-0.05, 0) is 55.9 Å². The van der Waals surface area contributed by atoms with Crippen molar-refractivity contribution in [2.45, 2.75) is 62.5 Å². The number of carboxylic acids is 2. The van der Waals surface area contributed by atoms with Gasteiger partial charge in [0.05, 0.1) is 11.9 Å². The van der Waals surface area contributed by atoms with Crippen molar-refractivity contribution in [1.82, 2.24) is 19.7 Å². The van der Waals surface area contributed by atoms with Gasteiger partial charge in [-0.3, -0.25) is 0 Å². The van der Waals surface area contributed by atoms with E-state index in [1.54, 1.807) is 23.5 Å². The Hall–Kier alpha value is -5.13. The Morgan fingerprint density at radius 2 is 1.52 bits per heavy atom. The standard InChI is InChI=1S/C28H33N7O.2C2HF3O2/c29-28(15-5-4-10-26(28)33-27-31-17-25(36-27)21-7-2-1-3-8-21)22-9-6-16-34(18-22)23-11-13-24(14-12-23)35-20-30-19-32-35;2*3-2(4,5)1(6)7/h1-3,7-8,11-14,17,19-20,22,26H,4-6,9-10,15-16,18,29H2,(H,31,33);2*(H,6,7)/t22-,26?,28?;;/m0../s1. The number of halogens is 6. The van der Waals surface area contributed by atoms with Gasteiger partial charge in [0.25, 0.3) is 6.01 Å². The number of hydrogen-bond acceptors (Lipinski definition) is 9. The number of aliphatic carboxylic acids is 2. The van der Waals surface area contributed by atoms with Crippen LogP contribution in [0.25, 0.3) is 17.0 Å². The van der Waals surface area contributed by atoms with E-state index in [1.165, 1.54) is 18.5 Å². The summed E-state index contributed by atoms with van der Waals surface area (Å²) in [6.45, 7) is 2.01. The summed E-state index contributed by atoms with van der Waals surface area (Å²) in [4.78, 5) is 28.9. The number of carbonyl (C=O) groups is 2. The molecule has 12 nitrogen and oxygen atoms in total. The van der Waals surface area contributed by atoms with Gasteiger partial charge in [0, 0.05) is 35.9 Å². The number of hydrogen-bond donors (Lipinski definition) is 4. The number of oxazole rings is 1. The largest absolute Gasteiger partial charge is 0.490 e. The summed E-state index contributed by atoms with van der Waals surface area (Å²) in [6.07, 6.45) is 1.56. The highest BCUT2D eigenvalue weighted by atomic mass is 19.4. The molecule has 1 aliphatic carbocycles. The summed E-state index contributed by atoms with van der Waals surface area (Å²) in [7, 11) is 0. The molecule has 1 aliphatic heterocycles. The van der Waals surface area contributed by atoms with Gasteiger partial charge in [-0.25, -0.2) is 24.2 Å². The first-order valence-corrected chi connectivity index (χ1v) is 15.4. The zero-order valence-electron chi connectivity index (χ0n) is 26.4. The van der Waals surface area contributed by atoms with Crippen LogP contribution in [0.4, 0.5) is 38.0 Å². The molecular formula is C32H35F6N7O5. The molecule has 50 heavy (non-hydrogen) atoms. The van der Waals surface area contributed by atoms with Gasteiger partial charge in [-0.2, -0.15) is 31.4 Å². The quantitative estimate of drug-likeness (QED) is 0.169. The molecule has 0 amide bonds. The predicted octanol–water partition coefficient (Wildman–Crippen LogP) is 6.16. The number of carboxylic acid groups (broad SMARTS) is 2. The molecule has 2 aromatic heterocycles. The lowest BCUT2D eigenvalue weighted by molar-refractivity contribution is -0.193. The van der Waals surface area contributed by atoms with Gasteiger partial charge in [-0.15, -0.1) is 0 Å². The van der Waals surface area contributed by atoms with Gasteiger partial charge >= 0.3 is 24.3 Å². The van der Waals surface area contributed by atoms with Crippen LogP contribution in [0.5, 0.6) is 0 Å². The molecule has 1 saturated carbocycles. The summed E-state index contributed by atoms with van der Waals surface area (Å²) in [5.41, 5.74) is 10.3. The van der Waals surface area contributed by atoms with Gasteiger partial charge in [0.2, 0.25) is 0 Å². The minimum atomic E-state index is -5.08. The molecule has 3 atom stereocenters. The Morgan fingerprint density at radius 3 is 2.10 bits per heavy atom. The van der Waals surface area contributed by atoms with Gasteiger partial charge in [-0.1, -0.05) is 43.2 Å². The van der Waals surface area contributed by atoms with Gasteiger partial charge in [0.15, 0.2) is 5.76 Å². The fourth-order valence-corrected chi connectivity index (χ4v) is 5.95. The zero-order valence-corrected chi connectivity index (χ0v) is 26.4. The van der Waals surface area contributed by atoms with Crippen LogP contribution in [-0.4, -0.2) is 78.9 Å². The Labute approximate surface area is 281 Å². The molecule has 2 aliphatic rings. The van der Waals surface area contributed by atoms with Crippen molar-refractivity contribution in [2.24, 2.45) is 11.7 Å². The van der Waals surface area contributed by atoms with Crippen LogP contribution in [0.2, 0.25) is 0 Å². The Balaban J connectivity index is 0.000000340. The molecule has 4 aromatic rings. The zero-order chi connectivity index (χ0) is 36.5. The van der Waals surface area contributed by atoms with Gasteiger partial charge < -0.3 is 30.6 Å². The normalized spacial score (nSPS) is 20.8. The van der Waals surface area contributed by atoms with Crippen molar-refractivity contribution in [3.63, 3.8) is 0 Å². The smallest absolute Gasteiger partial charge is 0.475 e. The van der Waals surface area contributed by atoms with Crippen LogP contribution < -0.4 is 16.0 Å². The van der Waals surface area contributed by atoms with E-state index in [4.69, 9.17) is 30.0 Å². The second-order valence-corrected chi connectivity index (χ2v) is 11.7. The number of benzene rings is 2. The maximum atomic E-state index is 10.6. The summed E-state index contributed by atoms with van der Waals surface area (Å²) in [6, 6.07) is 19.3. The highest BCUT2D eigenvalue weighted by molar-refractivity contribution is 5.73. The number of anilines is 2. The van der Waals surface area contributed by atoms with Crippen LogP contribution in [0.3, 0.4) is 0 Å². The molecule has 3 heterocycles. The van der Waals surface area contributed by atoms with E-state index < -0.39 is 24.3 Å². The Morgan fingerprint density at radius 1 is 0.900 bits per heavy atom. The molecule has 18 heteroatoms. The number of piperidine rings is 1. The average molecular weight is 712 g/mol. The van der Waals surface area contributed by atoms with Crippen molar-refractivity contribution in [3.05, 3.63) is 73.4 Å². The minimum absolute atomic E-state index is 0.133. The van der Waals surface area contributed by atoms with Crippen LogP contribution in [0.1, 0.15) is 38.5 Å². The van der Waals surface area contributed by atoms with Crippen LogP contribution in [0.15, 0.2) is 77.9 Å². The fourth-order valence-electron chi connectivity index (χ4n) is 5.95. The maximum Gasteiger partial charge on any atom is 0.490 e. The first-order chi connectivity index (χ1) is 23.6. The van der Waals surface area contributed by atoms with E-state index in [-0.39, 0.29) is 11.6 Å². The summed E-state index contributed by atoms with van der Waals surface area (Å²) in [5.74, 6) is -4.35. The fraction of sp³-hybridized carbons (Fsp3) is 0.406. The molecule has 2 fully saturated rings. The van der Waals surface area contributed by atoms with E-state index in [0.29, 0.717) is 11.9 Å². The summed E-state index contributed by atoms with van der Waals surface area (Å²) in [5, 5.41) is 22.1. The van der Waals surface area contributed by atoms with E-state index in [0.717, 1.165) is 55.8 Å². The molecule has 2 aromatic carbocycles. The van der Waals surface area contributed by atoms with Crippen molar-refractivity contribution in [1.29, 1.82) is 0 Å². The molecule has 1 saturated heterocycles. The Bertz CT molecular complexity index is 1640. The minimum Gasteiger partial charge on any atom is -0.475 e. The molecule has 6 rings (SSSR count). The number of alkyl halides is 6. The number of rotatable bonds is 6. The first-order valence-electron chi connectivity index (χ1n) is 15.4. The highest BCUT2D eigenvalue weighted by Crippen LogP contribution is 2.40. The van der Waals surface area contributed by atoms with Crippen LogP contribution in [0, 0.1) is 5.92 Å². The maximum absolute atomic E-state index is 10.6. The number of nitrogens with one attached hydrogen (secondary N) is 1. The number of nitrogens with two attached hydrogens (primary N) is 1. The van der Waals surface area contributed by atoms with Crippen molar-refractivity contribution in [2.75, 3.05) is 23.3 Å². The topological polar surface area (TPSA) is 173 Å². The van der Waals surface area contributed by atoms with Crippen LogP contribution >= 0.6 is 0 Å². The molecule has 0 radical (unpaired) electrons. The number of nitrogens with zero attached hydrogens (tertiary/aromatic N) is 5. The van der Waals surface area contributed by atoms with E-state index >= 15 is 0 Å². The average Bonchev–Trinajstić information content (AvgIpc) is 3.80. The third-order valence-corrected chi connectivity index (χ3v) is 8.43. The van der Waals surface area contributed by atoms with Crippen molar-refractivity contribution in [3.8, 4) is 17.0 Å². The molecule has 2 unspecified atom stereocenters. The highest BCUT2D eigenvalue weighted by Gasteiger charge is 2.45. The molecule has 5 N–H and O–H groups in total. The lowest BCUT2D eigenvalue weighted by Gasteiger charge is -2.50. The second kappa shape index (κ2) is 16.1. The Kier molecular flexibility index (Phi) is 12.1. The monoisotopic (exact) mass is 711 g/mol. The summed E-state index contributed by atoms with van der Waals surface area (Å²) < 4.78 is 71.3. The molecular weight excluding hydrogens is 676 g/mol. The van der Waals surface area contributed by atoms with Gasteiger partial charge in [0.1, 0.15) is 12.7 Å².